The number of fused-ring (bicyclic) bond motifs is 1. The Bertz CT molecular complexity index is 1060. The van der Waals surface area contributed by atoms with Crippen molar-refractivity contribution in [2.45, 2.75) is 19.4 Å². The van der Waals surface area contributed by atoms with Crippen LogP contribution in [-0.4, -0.2) is 55.7 Å². The van der Waals surface area contributed by atoms with Crippen LogP contribution in [0.3, 0.4) is 0 Å². The van der Waals surface area contributed by atoms with E-state index in [1.807, 2.05) is 31.2 Å². The Labute approximate surface area is 185 Å². The maximum Gasteiger partial charge on any atom is 0.325 e. The van der Waals surface area contributed by atoms with E-state index in [0.29, 0.717) is 36.0 Å². The predicted octanol–water partition coefficient (Wildman–Crippen LogP) is 1.73. The third-order valence-corrected chi connectivity index (χ3v) is 5.38. The lowest BCUT2D eigenvalue weighted by molar-refractivity contribution is -0.134. The van der Waals surface area contributed by atoms with Crippen LogP contribution in [0.4, 0.5) is 4.79 Å². The van der Waals surface area contributed by atoms with Gasteiger partial charge in [0.25, 0.3) is 5.91 Å². The molecule has 4 amide bonds. The summed E-state index contributed by atoms with van der Waals surface area (Å²) in [6.07, 6.45) is 0. The van der Waals surface area contributed by atoms with Crippen LogP contribution >= 0.6 is 0 Å². The highest BCUT2D eigenvalue weighted by Crippen LogP contribution is 2.36. The zero-order valence-electron chi connectivity index (χ0n) is 18.0. The van der Waals surface area contributed by atoms with E-state index < -0.39 is 23.4 Å². The van der Waals surface area contributed by atoms with Gasteiger partial charge in [0, 0.05) is 0 Å². The van der Waals surface area contributed by atoms with Gasteiger partial charge in [-0.1, -0.05) is 18.2 Å². The van der Waals surface area contributed by atoms with Gasteiger partial charge in [-0.3, -0.25) is 14.5 Å². The molecule has 2 aromatic rings. The van der Waals surface area contributed by atoms with Crippen molar-refractivity contribution in [1.29, 1.82) is 0 Å². The molecule has 2 aliphatic heterocycles. The Morgan fingerprint density at radius 1 is 1.16 bits per heavy atom. The third kappa shape index (κ3) is 4.32. The number of rotatable bonds is 7. The molecule has 9 nitrogen and oxygen atoms in total. The van der Waals surface area contributed by atoms with Gasteiger partial charge in [-0.15, -0.1) is 0 Å². The molecule has 1 unspecified atom stereocenters. The van der Waals surface area contributed by atoms with Gasteiger partial charge in [-0.25, -0.2) is 4.79 Å². The predicted molar refractivity (Wildman–Crippen MR) is 115 cm³/mol. The summed E-state index contributed by atoms with van der Waals surface area (Å²) in [4.78, 5) is 38.8. The summed E-state index contributed by atoms with van der Waals surface area (Å²) in [5.74, 6) is 0.855. The molecule has 168 valence electrons. The van der Waals surface area contributed by atoms with Crippen LogP contribution in [-0.2, 0) is 15.1 Å². The molecule has 1 fully saturated rings. The zero-order chi connectivity index (χ0) is 22.7. The number of aryl methyl sites for hydroxylation is 1. The second kappa shape index (κ2) is 8.78. The van der Waals surface area contributed by atoms with E-state index in [2.05, 4.69) is 10.6 Å². The first-order valence-electron chi connectivity index (χ1n) is 10.4. The number of nitrogens with zero attached hydrogens (tertiary/aromatic N) is 1. The van der Waals surface area contributed by atoms with Crippen molar-refractivity contribution in [3.05, 3.63) is 53.6 Å². The summed E-state index contributed by atoms with van der Waals surface area (Å²) in [6.45, 7) is 4.57. The molecule has 2 heterocycles. The molecule has 0 radical (unpaired) electrons. The number of ether oxygens (including phenoxy) is 3. The Kier molecular flexibility index (Phi) is 5.89. The maximum atomic E-state index is 13.1. The molecule has 4 rings (SSSR count). The van der Waals surface area contributed by atoms with Crippen molar-refractivity contribution in [2.24, 2.45) is 0 Å². The number of urea groups is 1. The Morgan fingerprint density at radius 3 is 2.72 bits per heavy atom. The zero-order valence-corrected chi connectivity index (χ0v) is 18.0. The van der Waals surface area contributed by atoms with Crippen LogP contribution in [0.5, 0.6) is 17.2 Å². The second-order valence-electron chi connectivity index (χ2n) is 7.82. The first-order chi connectivity index (χ1) is 15.4. The van der Waals surface area contributed by atoms with Crippen LogP contribution in [0.1, 0.15) is 18.1 Å². The van der Waals surface area contributed by atoms with Gasteiger partial charge in [0.1, 0.15) is 37.7 Å². The number of benzene rings is 2. The minimum Gasteiger partial charge on any atom is -0.492 e. The molecule has 2 N–H and O–H groups in total. The second-order valence-corrected chi connectivity index (χ2v) is 7.82. The summed E-state index contributed by atoms with van der Waals surface area (Å²) >= 11 is 0. The molecule has 32 heavy (non-hydrogen) atoms. The van der Waals surface area contributed by atoms with Crippen molar-refractivity contribution >= 4 is 17.8 Å². The fourth-order valence-electron chi connectivity index (χ4n) is 3.65. The van der Waals surface area contributed by atoms with Gasteiger partial charge in [0.05, 0.1) is 6.54 Å². The molecule has 0 aliphatic carbocycles. The number of hydrogen-bond acceptors (Lipinski definition) is 6. The van der Waals surface area contributed by atoms with Crippen LogP contribution in [0, 0.1) is 6.92 Å². The standard InChI is InChI=1S/C23H25N3O6/c1-15-4-3-5-17(12-15)30-9-8-24-20(27)14-26-21(28)23(2,25-22(26)29)16-6-7-18-19(13-16)32-11-10-31-18/h3-7,12-13H,8-11,14H2,1-2H3,(H,24,27)(H,25,29). The molecule has 0 bridgehead atoms. The minimum absolute atomic E-state index is 0.246. The first-order valence-corrected chi connectivity index (χ1v) is 10.4. The van der Waals surface area contributed by atoms with Crippen LogP contribution < -0.4 is 24.8 Å². The van der Waals surface area contributed by atoms with E-state index in [0.717, 1.165) is 10.5 Å². The molecule has 2 aromatic carbocycles. The summed E-state index contributed by atoms with van der Waals surface area (Å²) in [7, 11) is 0. The SMILES string of the molecule is Cc1cccc(OCCNC(=O)CN2C(=O)NC(C)(c3ccc4c(c3)OCCO4)C2=O)c1. The molecule has 1 atom stereocenters. The lowest BCUT2D eigenvalue weighted by atomic mass is 9.91. The van der Waals surface area contributed by atoms with Crippen LogP contribution in [0.25, 0.3) is 0 Å². The van der Waals surface area contributed by atoms with E-state index >= 15 is 0 Å². The number of imide groups is 1. The van der Waals surface area contributed by atoms with Gasteiger partial charge in [-0.2, -0.15) is 0 Å². The van der Waals surface area contributed by atoms with E-state index in [-0.39, 0.29) is 19.7 Å². The average Bonchev–Trinajstić information content (AvgIpc) is 3.00. The lowest BCUT2D eigenvalue weighted by Crippen LogP contribution is -2.43. The van der Waals surface area contributed by atoms with E-state index in [1.54, 1.807) is 25.1 Å². The van der Waals surface area contributed by atoms with Gasteiger partial charge in [-0.05, 0) is 49.2 Å². The molecule has 2 aliphatic rings. The molecular weight excluding hydrogens is 414 g/mol. The highest BCUT2D eigenvalue weighted by Gasteiger charge is 2.49. The molecule has 0 aromatic heterocycles. The number of amides is 4. The molecule has 0 spiro atoms. The fourth-order valence-corrected chi connectivity index (χ4v) is 3.65. The Balaban J connectivity index is 1.34. The summed E-state index contributed by atoms with van der Waals surface area (Å²) in [6, 6.07) is 12.0. The van der Waals surface area contributed by atoms with Crippen molar-refractivity contribution in [1.82, 2.24) is 15.5 Å². The average molecular weight is 439 g/mol. The topological polar surface area (TPSA) is 106 Å². The Hall–Kier alpha value is -3.75. The molecule has 0 saturated carbocycles. The molecule has 1 saturated heterocycles. The Morgan fingerprint density at radius 2 is 1.94 bits per heavy atom. The fraction of sp³-hybridized carbons (Fsp3) is 0.348. The van der Waals surface area contributed by atoms with E-state index in [1.165, 1.54) is 0 Å². The monoisotopic (exact) mass is 439 g/mol. The van der Waals surface area contributed by atoms with E-state index in [9.17, 15) is 14.4 Å². The molecule has 9 heteroatoms. The number of hydrogen-bond donors (Lipinski definition) is 2. The maximum absolute atomic E-state index is 13.1. The lowest BCUT2D eigenvalue weighted by Gasteiger charge is -2.25. The van der Waals surface area contributed by atoms with Crippen molar-refractivity contribution in [3.8, 4) is 17.2 Å². The highest BCUT2D eigenvalue weighted by atomic mass is 16.6. The highest BCUT2D eigenvalue weighted by molar-refractivity contribution is 6.09. The van der Waals surface area contributed by atoms with Crippen LogP contribution in [0.15, 0.2) is 42.5 Å². The molecular formula is C23H25N3O6. The van der Waals surface area contributed by atoms with Gasteiger partial charge < -0.3 is 24.8 Å². The number of carbonyl (C=O) groups excluding carboxylic acids is 3. The quantitative estimate of drug-likeness (QED) is 0.503. The minimum atomic E-state index is -1.30. The smallest absolute Gasteiger partial charge is 0.325 e. The van der Waals surface area contributed by atoms with Gasteiger partial charge >= 0.3 is 6.03 Å². The summed E-state index contributed by atoms with van der Waals surface area (Å²) < 4.78 is 16.7. The normalized spacial score (nSPS) is 19.5. The first kappa shape index (κ1) is 21.5. The third-order valence-electron chi connectivity index (χ3n) is 5.38. The number of carbonyl (C=O) groups is 3. The summed E-state index contributed by atoms with van der Waals surface area (Å²) in [5, 5.41) is 5.36. The summed E-state index contributed by atoms with van der Waals surface area (Å²) in [5.41, 5.74) is 0.322. The van der Waals surface area contributed by atoms with Crippen molar-refractivity contribution < 1.29 is 28.6 Å². The van der Waals surface area contributed by atoms with Gasteiger partial charge in [0.15, 0.2) is 11.5 Å². The van der Waals surface area contributed by atoms with Crippen molar-refractivity contribution in [2.75, 3.05) is 32.9 Å². The van der Waals surface area contributed by atoms with Gasteiger partial charge in [0.2, 0.25) is 5.91 Å². The number of nitrogens with one attached hydrogen (secondary N) is 2. The van der Waals surface area contributed by atoms with Crippen molar-refractivity contribution in [3.63, 3.8) is 0 Å². The van der Waals surface area contributed by atoms with Crippen LogP contribution in [0.2, 0.25) is 0 Å². The van der Waals surface area contributed by atoms with E-state index in [4.69, 9.17) is 14.2 Å². The largest absolute Gasteiger partial charge is 0.492 e.